The minimum absolute atomic E-state index is 0.0282. The van der Waals surface area contributed by atoms with Crippen LogP contribution < -0.4 is 14.4 Å². The van der Waals surface area contributed by atoms with E-state index < -0.39 is 33.7 Å². The molecule has 2 aromatic rings. The normalized spacial score (nSPS) is 27.6. The first-order chi connectivity index (χ1) is 23.3. The molecule has 2 aromatic carbocycles. The summed E-state index contributed by atoms with van der Waals surface area (Å²) >= 11 is 7.17. The molecule has 2 amide bonds. The van der Waals surface area contributed by atoms with E-state index in [0.29, 0.717) is 55.7 Å². The number of aryl methyl sites for hydroxylation is 1. The molecule has 11 nitrogen and oxygen atoms in total. The van der Waals surface area contributed by atoms with Gasteiger partial charge in [0.1, 0.15) is 17.5 Å². The topological polar surface area (TPSA) is 124 Å². The van der Waals surface area contributed by atoms with Gasteiger partial charge in [-0.05, 0) is 86.6 Å². The molecule has 0 fully saturated rings. The molecule has 7 bridgehead atoms. The Balaban J connectivity index is 1.54. The fourth-order valence-electron chi connectivity index (χ4n) is 7.65. The van der Waals surface area contributed by atoms with E-state index in [-0.39, 0.29) is 28.8 Å². The maximum atomic E-state index is 13.6. The van der Waals surface area contributed by atoms with Gasteiger partial charge in [0, 0.05) is 56.1 Å². The van der Waals surface area contributed by atoms with E-state index >= 15 is 0 Å². The number of benzene rings is 2. The zero-order chi connectivity index (χ0) is 35.1. The molecule has 4 atom stereocenters. The molecule has 0 unspecified atom stereocenters. The van der Waals surface area contributed by atoms with Gasteiger partial charge < -0.3 is 28.7 Å². The van der Waals surface area contributed by atoms with Crippen molar-refractivity contribution < 1.29 is 37.0 Å². The van der Waals surface area contributed by atoms with Crippen LogP contribution in [0, 0.1) is 5.92 Å². The molecule has 3 heterocycles. The Morgan fingerprint density at radius 1 is 1.22 bits per heavy atom. The number of methoxy groups -OCH3 is 1. The lowest BCUT2D eigenvalue weighted by atomic mass is 9.67. The second-order valence-electron chi connectivity index (χ2n) is 14.1. The van der Waals surface area contributed by atoms with Gasteiger partial charge in [0.2, 0.25) is 0 Å². The van der Waals surface area contributed by atoms with Crippen LogP contribution in [0.1, 0.15) is 62.6 Å². The Kier molecular flexibility index (Phi) is 9.98. The number of fused-ring (bicyclic) bond motifs is 4. The van der Waals surface area contributed by atoms with Crippen LogP contribution in [0.15, 0.2) is 47.4 Å². The SMILES string of the molecule is CC[C@H]1[C@@H](OC(=O)N(C)CCOC)/C=C/COC(C)(C)C(=O)NS(=O)(=O)c2ccc3c(c2)N2C[C@@H]1c1cc4c(cc1Cl)CCC[C@@]4(CO3)C2. The molecule has 1 aliphatic carbocycles. The lowest BCUT2D eigenvalue weighted by Gasteiger charge is -2.45. The third-order valence-electron chi connectivity index (χ3n) is 10.5. The molecule has 4 aliphatic rings. The highest BCUT2D eigenvalue weighted by Gasteiger charge is 2.46. The number of rotatable bonds is 5. The van der Waals surface area contributed by atoms with Crippen molar-refractivity contribution in [2.75, 3.05) is 58.5 Å². The molecule has 6 rings (SSSR count). The van der Waals surface area contributed by atoms with Crippen LogP contribution in [0.25, 0.3) is 0 Å². The maximum absolute atomic E-state index is 13.6. The number of nitrogens with zero attached hydrogens (tertiary/aromatic N) is 2. The summed E-state index contributed by atoms with van der Waals surface area (Å²) in [5.74, 6) is -0.715. The Morgan fingerprint density at radius 2 is 2.02 bits per heavy atom. The summed E-state index contributed by atoms with van der Waals surface area (Å²) in [6.07, 6.45) is 5.75. The van der Waals surface area contributed by atoms with Gasteiger partial charge in [-0.1, -0.05) is 30.7 Å². The van der Waals surface area contributed by atoms with E-state index in [4.69, 9.17) is 30.5 Å². The average Bonchev–Trinajstić information content (AvgIpc) is 3.21. The molecule has 3 aliphatic heterocycles. The molecule has 0 radical (unpaired) electrons. The summed E-state index contributed by atoms with van der Waals surface area (Å²) in [6, 6.07) is 9.08. The van der Waals surface area contributed by atoms with Crippen molar-refractivity contribution in [2.24, 2.45) is 5.92 Å². The third kappa shape index (κ3) is 6.89. The number of anilines is 1. The minimum atomic E-state index is -4.26. The number of halogens is 1. The lowest BCUT2D eigenvalue weighted by Crippen LogP contribution is -2.49. The van der Waals surface area contributed by atoms with E-state index in [9.17, 15) is 18.0 Å². The molecular weight excluding hydrogens is 670 g/mol. The van der Waals surface area contributed by atoms with E-state index in [1.807, 2.05) is 0 Å². The first-order valence-electron chi connectivity index (χ1n) is 16.9. The number of amides is 2. The monoisotopic (exact) mass is 715 g/mol. The molecule has 49 heavy (non-hydrogen) atoms. The van der Waals surface area contributed by atoms with Crippen LogP contribution in [0.4, 0.5) is 10.5 Å². The van der Waals surface area contributed by atoms with Crippen LogP contribution >= 0.6 is 11.6 Å². The van der Waals surface area contributed by atoms with Crippen LogP contribution in [0.2, 0.25) is 5.02 Å². The standard InChI is InChI=1S/C36H46ClN3O8S/c1-6-25-27-20-40-21-36(13-7-9-23-17-29(37)26(27)19-28(23)36)22-46-32-12-11-24(18-30(32)40)49(43,44)38-33(41)35(2,3)47-15-8-10-31(25)48-34(42)39(4)14-16-45-5/h8,10-12,17-19,25,27,31H,6-7,9,13-16,20-22H2,1-5H3,(H,38,41)/b10-8+/t25-,27+,31+,36+/m1/s1. The fourth-order valence-corrected chi connectivity index (χ4v) is 9.10. The number of likely N-dealkylation sites (N-methyl/N-ethyl adjacent to an activating group) is 1. The van der Waals surface area contributed by atoms with Gasteiger partial charge in [-0.3, -0.25) is 4.79 Å². The van der Waals surface area contributed by atoms with Gasteiger partial charge in [0.25, 0.3) is 15.9 Å². The Morgan fingerprint density at radius 3 is 2.78 bits per heavy atom. The minimum Gasteiger partial charge on any atom is -0.490 e. The second-order valence-corrected chi connectivity index (χ2v) is 16.2. The van der Waals surface area contributed by atoms with E-state index in [0.717, 1.165) is 24.8 Å². The summed E-state index contributed by atoms with van der Waals surface area (Å²) in [7, 11) is -1.01. The van der Waals surface area contributed by atoms with Gasteiger partial charge in [0.05, 0.1) is 30.4 Å². The summed E-state index contributed by atoms with van der Waals surface area (Å²) < 4.78 is 53.4. The van der Waals surface area contributed by atoms with E-state index in [1.54, 1.807) is 38.4 Å². The largest absolute Gasteiger partial charge is 0.490 e. The number of carbonyl (C=O) groups is 2. The Labute approximate surface area is 293 Å². The quantitative estimate of drug-likeness (QED) is 0.417. The molecule has 266 valence electrons. The predicted octanol–water partition coefficient (Wildman–Crippen LogP) is 5.19. The van der Waals surface area contributed by atoms with Crippen LogP contribution in [-0.2, 0) is 40.9 Å². The van der Waals surface area contributed by atoms with E-state index in [1.165, 1.54) is 35.9 Å². The summed E-state index contributed by atoms with van der Waals surface area (Å²) in [5.41, 5.74) is 2.14. The van der Waals surface area contributed by atoms with Crippen molar-refractivity contribution in [1.29, 1.82) is 0 Å². The smallest absolute Gasteiger partial charge is 0.410 e. The summed E-state index contributed by atoms with van der Waals surface area (Å²) in [6.45, 7) is 7.24. The van der Waals surface area contributed by atoms with Crippen molar-refractivity contribution in [3.05, 3.63) is 64.2 Å². The van der Waals surface area contributed by atoms with Gasteiger partial charge in [-0.25, -0.2) is 17.9 Å². The zero-order valence-corrected chi connectivity index (χ0v) is 30.4. The zero-order valence-electron chi connectivity index (χ0n) is 28.8. The Hall–Kier alpha value is -3.32. The van der Waals surface area contributed by atoms with Gasteiger partial charge in [-0.2, -0.15) is 0 Å². The predicted molar refractivity (Wildman–Crippen MR) is 186 cm³/mol. The molecule has 1 N–H and O–H groups in total. The number of sulfonamides is 1. The van der Waals surface area contributed by atoms with Crippen molar-refractivity contribution in [3.8, 4) is 5.75 Å². The second kappa shape index (κ2) is 13.8. The number of hydrogen-bond acceptors (Lipinski definition) is 9. The third-order valence-corrected chi connectivity index (χ3v) is 12.2. The van der Waals surface area contributed by atoms with Gasteiger partial charge in [-0.15, -0.1) is 0 Å². The van der Waals surface area contributed by atoms with Crippen LogP contribution in [0.5, 0.6) is 5.75 Å². The Bertz CT molecular complexity index is 1750. The van der Waals surface area contributed by atoms with Crippen LogP contribution in [0.3, 0.4) is 0 Å². The van der Waals surface area contributed by atoms with Crippen molar-refractivity contribution in [1.82, 2.24) is 9.62 Å². The molecule has 1 spiro atoms. The van der Waals surface area contributed by atoms with Crippen molar-refractivity contribution >= 4 is 39.3 Å². The van der Waals surface area contributed by atoms with E-state index in [2.05, 4.69) is 28.7 Å². The number of hydrogen-bond donors (Lipinski definition) is 1. The summed E-state index contributed by atoms with van der Waals surface area (Å²) in [5, 5.41) is 0.657. The highest BCUT2D eigenvalue weighted by Crippen LogP contribution is 2.50. The number of nitrogens with one attached hydrogen (secondary N) is 1. The first-order valence-corrected chi connectivity index (χ1v) is 18.8. The fraction of sp³-hybridized carbons (Fsp3) is 0.556. The lowest BCUT2D eigenvalue weighted by molar-refractivity contribution is -0.139. The van der Waals surface area contributed by atoms with Gasteiger partial charge >= 0.3 is 6.09 Å². The molecule has 13 heteroatoms. The summed E-state index contributed by atoms with van der Waals surface area (Å²) in [4.78, 5) is 30.4. The number of ether oxygens (including phenoxy) is 4. The van der Waals surface area contributed by atoms with Crippen molar-refractivity contribution in [2.45, 2.75) is 74.4 Å². The number of carbonyl (C=O) groups excluding carboxylic acids is 2. The maximum Gasteiger partial charge on any atom is 0.410 e. The molecule has 0 saturated heterocycles. The van der Waals surface area contributed by atoms with Gasteiger partial charge in [0.15, 0.2) is 0 Å². The van der Waals surface area contributed by atoms with Crippen molar-refractivity contribution in [3.63, 3.8) is 0 Å². The molecular formula is C36H46ClN3O8S. The highest BCUT2D eigenvalue weighted by molar-refractivity contribution is 7.90. The average molecular weight is 716 g/mol. The molecule has 0 saturated carbocycles. The van der Waals surface area contributed by atoms with Crippen LogP contribution in [-0.4, -0.2) is 90.6 Å². The highest BCUT2D eigenvalue weighted by atomic mass is 35.5. The first kappa shape index (κ1) is 35.5. The molecule has 0 aromatic heterocycles.